The van der Waals surface area contributed by atoms with E-state index in [0.29, 0.717) is 0 Å². The zero-order valence-electron chi connectivity index (χ0n) is 9.99. The summed E-state index contributed by atoms with van der Waals surface area (Å²) in [6.45, 7) is 1.92. The number of nitrogens with zero attached hydrogens (tertiary/aromatic N) is 1. The lowest BCUT2D eigenvalue weighted by Gasteiger charge is -1.99. The lowest BCUT2D eigenvalue weighted by Crippen LogP contribution is -2.16. The fourth-order valence-electron chi connectivity index (χ4n) is 1.97. The molecule has 1 aliphatic rings. The van der Waals surface area contributed by atoms with Crippen molar-refractivity contribution >= 4 is 11.0 Å². The molecule has 0 spiro atoms. The highest BCUT2D eigenvalue weighted by molar-refractivity contribution is 5.76. The maximum atomic E-state index is 5.19. The molecule has 0 saturated heterocycles. The highest BCUT2D eigenvalue weighted by Gasteiger charge is 2.20. The summed E-state index contributed by atoms with van der Waals surface area (Å²) in [5.41, 5.74) is 2.03. The van der Waals surface area contributed by atoms with Gasteiger partial charge >= 0.3 is 0 Å². The zero-order chi connectivity index (χ0) is 11.7. The van der Waals surface area contributed by atoms with E-state index in [0.717, 1.165) is 41.6 Å². The Balaban J connectivity index is 1.71. The molecule has 1 saturated carbocycles. The summed E-state index contributed by atoms with van der Waals surface area (Å²) in [5, 5.41) is 3.43. The minimum absolute atomic E-state index is 0.813. The van der Waals surface area contributed by atoms with Gasteiger partial charge in [0.05, 0.1) is 24.7 Å². The van der Waals surface area contributed by atoms with Crippen molar-refractivity contribution in [1.82, 2.24) is 15.3 Å². The van der Waals surface area contributed by atoms with E-state index < -0.39 is 0 Å². The molecule has 90 valence electrons. The van der Waals surface area contributed by atoms with Crippen LogP contribution in [0.1, 0.15) is 18.7 Å². The first-order chi connectivity index (χ1) is 8.35. The SMILES string of the molecule is COc1ccc2nc(CNCC3CC3)[nH]c2c1. The lowest BCUT2D eigenvalue weighted by molar-refractivity contribution is 0.415. The average molecular weight is 231 g/mol. The molecule has 0 bridgehead atoms. The first-order valence-electron chi connectivity index (χ1n) is 6.08. The molecule has 2 N–H and O–H groups in total. The number of H-pyrrole nitrogens is 1. The normalized spacial score (nSPS) is 15.4. The quantitative estimate of drug-likeness (QED) is 0.828. The highest BCUT2D eigenvalue weighted by Crippen LogP contribution is 2.27. The largest absolute Gasteiger partial charge is 0.497 e. The van der Waals surface area contributed by atoms with Crippen LogP contribution in [0.4, 0.5) is 0 Å². The summed E-state index contributed by atoms with van der Waals surface area (Å²) < 4.78 is 5.19. The van der Waals surface area contributed by atoms with Gasteiger partial charge in [0.2, 0.25) is 0 Å². The molecule has 1 aliphatic carbocycles. The average Bonchev–Trinajstić information content (AvgIpc) is 3.07. The Morgan fingerprint density at radius 1 is 1.47 bits per heavy atom. The smallest absolute Gasteiger partial charge is 0.121 e. The van der Waals surface area contributed by atoms with E-state index in [4.69, 9.17) is 4.74 Å². The van der Waals surface area contributed by atoms with E-state index in [1.807, 2.05) is 18.2 Å². The number of imidazole rings is 1. The van der Waals surface area contributed by atoms with Crippen molar-refractivity contribution in [1.29, 1.82) is 0 Å². The van der Waals surface area contributed by atoms with Gasteiger partial charge in [-0.25, -0.2) is 4.98 Å². The van der Waals surface area contributed by atoms with Crippen molar-refractivity contribution in [2.75, 3.05) is 13.7 Å². The Labute approximate surface area is 100 Å². The van der Waals surface area contributed by atoms with Gasteiger partial charge in [-0.15, -0.1) is 0 Å². The molecule has 0 aliphatic heterocycles. The molecule has 1 fully saturated rings. The van der Waals surface area contributed by atoms with Crippen molar-refractivity contribution < 1.29 is 4.74 Å². The Bertz CT molecular complexity index is 516. The number of benzene rings is 1. The minimum Gasteiger partial charge on any atom is -0.497 e. The van der Waals surface area contributed by atoms with Gasteiger partial charge in [-0.3, -0.25) is 0 Å². The molecule has 17 heavy (non-hydrogen) atoms. The van der Waals surface area contributed by atoms with Crippen LogP contribution in [0.2, 0.25) is 0 Å². The van der Waals surface area contributed by atoms with Crippen LogP contribution in [0.5, 0.6) is 5.75 Å². The van der Waals surface area contributed by atoms with Crippen LogP contribution in [0, 0.1) is 5.92 Å². The second-order valence-electron chi connectivity index (χ2n) is 4.64. The Morgan fingerprint density at radius 2 is 2.35 bits per heavy atom. The molecule has 1 aromatic carbocycles. The highest BCUT2D eigenvalue weighted by atomic mass is 16.5. The third-order valence-electron chi connectivity index (χ3n) is 3.16. The third kappa shape index (κ3) is 2.42. The lowest BCUT2D eigenvalue weighted by atomic mass is 10.3. The fraction of sp³-hybridized carbons (Fsp3) is 0.462. The van der Waals surface area contributed by atoms with Crippen molar-refractivity contribution in [3.8, 4) is 5.75 Å². The van der Waals surface area contributed by atoms with Crippen LogP contribution < -0.4 is 10.1 Å². The molecule has 4 heteroatoms. The maximum Gasteiger partial charge on any atom is 0.121 e. The zero-order valence-corrected chi connectivity index (χ0v) is 9.99. The summed E-state index contributed by atoms with van der Waals surface area (Å²) in [6, 6.07) is 5.90. The minimum atomic E-state index is 0.813. The number of hydrogen-bond acceptors (Lipinski definition) is 3. The molecule has 3 rings (SSSR count). The van der Waals surface area contributed by atoms with Crippen LogP contribution in [0.15, 0.2) is 18.2 Å². The monoisotopic (exact) mass is 231 g/mol. The first-order valence-corrected chi connectivity index (χ1v) is 6.08. The molecule has 1 heterocycles. The Kier molecular flexibility index (Phi) is 2.73. The van der Waals surface area contributed by atoms with Crippen LogP contribution in [-0.4, -0.2) is 23.6 Å². The predicted molar refractivity (Wildman–Crippen MR) is 67.1 cm³/mol. The van der Waals surface area contributed by atoms with Crippen molar-refractivity contribution in [2.45, 2.75) is 19.4 Å². The number of hydrogen-bond donors (Lipinski definition) is 2. The number of aromatic amines is 1. The van der Waals surface area contributed by atoms with Crippen LogP contribution >= 0.6 is 0 Å². The topological polar surface area (TPSA) is 49.9 Å². The fourth-order valence-corrected chi connectivity index (χ4v) is 1.97. The van der Waals surface area contributed by atoms with Crippen LogP contribution in [0.25, 0.3) is 11.0 Å². The number of ether oxygens (including phenoxy) is 1. The summed E-state index contributed by atoms with van der Waals surface area (Å²) in [5.74, 6) is 2.76. The molecule has 0 radical (unpaired) electrons. The molecule has 4 nitrogen and oxygen atoms in total. The number of nitrogens with one attached hydrogen (secondary N) is 2. The van der Waals surface area contributed by atoms with Gasteiger partial charge in [0.25, 0.3) is 0 Å². The van der Waals surface area contributed by atoms with Crippen LogP contribution in [0.3, 0.4) is 0 Å². The van der Waals surface area contributed by atoms with E-state index in [1.165, 1.54) is 12.8 Å². The van der Waals surface area contributed by atoms with Gasteiger partial charge in [-0.1, -0.05) is 0 Å². The van der Waals surface area contributed by atoms with Crippen molar-refractivity contribution in [2.24, 2.45) is 5.92 Å². The number of fused-ring (bicyclic) bond motifs is 1. The van der Waals surface area contributed by atoms with E-state index in [2.05, 4.69) is 15.3 Å². The number of aromatic nitrogens is 2. The first kappa shape index (κ1) is 10.6. The second-order valence-corrected chi connectivity index (χ2v) is 4.64. The second kappa shape index (κ2) is 4.37. The van der Waals surface area contributed by atoms with E-state index >= 15 is 0 Å². The molecule has 1 aromatic heterocycles. The van der Waals surface area contributed by atoms with Gasteiger partial charge in [0, 0.05) is 6.07 Å². The summed E-state index contributed by atoms with van der Waals surface area (Å²) >= 11 is 0. The summed E-state index contributed by atoms with van der Waals surface area (Å²) in [7, 11) is 1.68. The van der Waals surface area contributed by atoms with E-state index in [1.54, 1.807) is 7.11 Å². The molecular formula is C13H17N3O. The molecule has 0 atom stereocenters. The molecule has 0 unspecified atom stereocenters. The Morgan fingerprint density at radius 3 is 3.12 bits per heavy atom. The van der Waals surface area contributed by atoms with E-state index in [9.17, 15) is 0 Å². The number of methoxy groups -OCH3 is 1. The Hall–Kier alpha value is -1.55. The van der Waals surface area contributed by atoms with Gasteiger partial charge < -0.3 is 15.0 Å². The third-order valence-corrected chi connectivity index (χ3v) is 3.16. The van der Waals surface area contributed by atoms with Crippen LogP contribution in [-0.2, 0) is 6.54 Å². The number of rotatable bonds is 5. The standard InChI is InChI=1S/C13H17N3O/c1-17-10-4-5-11-12(6-10)16-13(15-11)8-14-7-9-2-3-9/h4-6,9,14H,2-3,7-8H2,1H3,(H,15,16). The molecule has 0 amide bonds. The maximum absolute atomic E-state index is 5.19. The van der Waals surface area contributed by atoms with Gasteiger partial charge in [0.15, 0.2) is 0 Å². The van der Waals surface area contributed by atoms with Gasteiger partial charge in [-0.2, -0.15) is 0 Å². The predicted octanol–water partition coefficient (Wildman–Crippen LogP) is 2.07. The van der Waals surface area contributed by atoms with Crippen molar-refractivity contribution in [3.63, 3.8) is 0 Å². The molecule has 2 aromatic rings. The van der Waals surface area contributed by atoms with E-state index in [-0.39, 0.29) is 0 Å². The van der Waals surface area contributed by atoms with Crippen molar-refractivity contribution in [3.05, 3.63) is 24.0 Å². The van der Waals surface area contributed by atoms with Gasteiger partial charge in [0.1, 0.15) is 11.6 Å². The van der Waals surface area contributed by atoms with Gasteiger partial charge in [-0.05, 0) is 37.4 Å². The molecular weight excluding hydrogens is 214 g/mol. The summed E-state index contributed by atoms with van der Waals surface area (Å²) in [6.07, 6.45) is 2.76. The summed E-state index contributed by atoms with van der Waals surface area (Å²) in [4.78, 5) is 7.84.